The van der Waals surface area contributed by atoms with Crippen LogP contribution >= 0.6 is 11.8 Å². The molecule has 6 nitrogen and oxygen atoms in total. The number of halogens is 2. The Bertz CT molecular complexity index is 1190. The zero-order valence-corrected chi connectivity index (χ0v) is 17.6. The first-order chi connectivity index (χ1) is 15.6. The molecule has 2 atom stereocenters. The summed E-state index contributed by atoms with van der Waals surface area (Å²) in [7, 11) is 0. The number of benzene rings is 2. The van der Waals surface area contributed by atoms with E-state index in [0.29, 0.717) is 28.7 Å². The largest absolute Gasteiger partial charge is 0.378 e. The van der Waals surface area contributed by atoms with Crippen LogP contribution in [0, 0.1) is 17.6 Å². The van der Waals surface area contributed by atoms with E-state index in [-0.39, 0.29) is 29.6 Å². The number of aromatic nitrogens is 2. The van der Waals surface area contributed by atoms with Crippen molar-refractivity contribution in [1.29, 1.82) is 0 Å². The first kappa shape index (κ1) is 20.7. The van der Waals surface area contributed by atoms with Crippen LogP contribution in [0.15, 0.2) is 66.2 Å². The first-order valence-electron chi connectivity index (χ1n) is 9.98. The van der Waals surface area contributed by atoms with Crippen LogP contribution in [-0.4, -0.2) is 40.0 Å². The fourth-order valence-electron chi connectivity index (χ4n) is 4.04. The topological polar surface area (TPSA) is 76.5 Å². The van der Waals surface area contributed by atoms with Crippen LogP contribution in [0.1, 0.15) is 15.9 Å². The number of amides is 1. The molecule has 1 fully saturated rings. The summed E-state index contributed by atoms with van der Waals surface area (Å²) in [6, 6.07) is 11.1. The summed E-state index contributed by atoms with van der Waals surface area (Å²) in [4.78, 5) is 25.2. The lowest BCUT2D eigenvalue weighted by Gasteiger charge is -2.35. The van der Waals surface area contributed by atoms with Crippen molar-refractivity contribution in [2.24, 2.45) is 10.9 Å². The van der Waals surface area contributed by atoms with Crippen molar-refractivity contribution in [2.45, 2.75) is 5.54 Å². The SMILES string of the molecule is O=C(NC1=NC2(c3cc(-c4cncnc4)c(F)cc3F)COCC2CS1)c1ccccc1. The normalized spacial score (nSPS) is 22.2. The Kier molecular flexibility index (Phi) is 5.44. The van der Waals surface area contributed by atoms with Gasteiger partial charge in [-0.2, -0.15) is 0 Å². The summed E-state index contributed by atoms with van der Waals surface area (Å²) < 4.78 is 35.5. The summed E-state index contributed by atoms with van der Waals surface area (Å²) in [6.45, 7) is 0.535. The molecule has 2 aromatic carbocycles. The number of aliphatic imine (C=N–C) groups is 1. The molecular formula is C23H18F2N4O2S. The van der Waals surface area contributed by atoms with Gasteiger partial charge in [0, 0.05) is 52.4 Å². The maximum atomic E-state index is 15.1. The minimum Gasteiger partial charge on any atom is -0.378 e. The molecule has 0 saturated carbocycles. The van der Waals surface area contributed by atoms with Crippen LogP contribution in [0.25, 0.3) is 11.1 Å². The van der Waals surface area contributed by atoms with Gasteiger partial charge in [-0.25, -0.2) is 23.7 Å². The Labute approximate surface area is 187 Å². The monoisotopic (exact) mass is 452 g/mol. The Morgan fingerprint density at radius 1 is 1.12 bits per heavy atom. The average molecular weight is 452 g/mol. The Balaban J connectivity index is 1.56. The highest BCUT2D eigenvalue weighted by Gasteiger charge is 2.50. The van der Waals surface area contributed by atoms with E-state index in [2.05, 4.69) is 15.3 Å². The molecule has 3 aromatic rings. The number of hydrogen-bond donors (Lipinski definition) is 1. The molecule has 3 heterocycles. The minimum absolute atomic E-state index is 0.121. The summed E-state index contributed by atoms with van der Waals surface area (Å²) in [5.74, 6) is -1.26. The van der Waals surface area contributed by atoms with Crippen LogP contribution in [0.2, 0.25) is 0 Å². The number of fused-ring (bicyclic) bond motifs is 1. The number of rotatable bonds is 3. The van der Waals surface area contributed by atoms with E-state index < -0.39 is 17.2 Å². The highest BCUT2D eigenvalue weighted by atomic mass is 32.2. The summed E-state index contributed by atoms with van der Waals surface area (Å²) in [5.41, 5.74) is 0.281. The molecule has 1 N–H and O–H groups in total. The molecule has 0 radical (unpaired) electrons. The molecule has 0 aliphatic carbocycles. The summed E-state index contributed by atoms with van der Waals surface area (Å²) >= 11 is 1.39. The van der Waals surface area contributed by atoms with Gasteiger partial charge < -0.3 is 10.1 Å². The summed E-state index contributed by atoms with van der Waals surface area (Å²) in [5, 5.41) is 3.20. The van der Waals surface area contributed by atoms with Crippen molar-refractivity contribution in [2.75, 3.05) is 19.0 Å². The van der Waals surface area contributed by atoms with Gasteiger partial charge in [-0.15, -0.1) is 0 Å². The highest BCUT2D eigenvalue weighted by Crippen LogP contribution is 2.46. The molecule has 2 aliphatic heterocycles. The van der Waals surface area contributed by atoms with E-state index in [4.69, 9.17) is 9.73 Å². The Hall–Kier alpha value is -3.17. The zero-order chi connectivity index (χ0) is 22.1. The molecule has 162 valence electrons. The van der Waals surface area contributed by atoms with Crippen molar-refractivity contribution in [3.63, 3.8) is 0 Å². The van der Waals surface area contributed by atoms with E-state index in [9.17, 15) is 9.18 Å². The van der Waals surface area contributed by atoms with Crippen molar-refractivity contribution >= 4 is 22.8 Å². The number of nitrogens with zero attached hydrogens (tertiary/aromatic N) is 3. The van der Waals surface area contributed by atoms with Crippen LogP contribution in [0.4, 0.5) is 8.78 Å². The quantitative estimate of drug-likeness (QED) is 0.654. The molecule has 5 rings (SSSR count). The van der Waals surface area contributed by atoms with Gasteiger partial charge in [0.25, 0.3) is 5.91 Å². The second-order valence-corrected chi connectivity index (χ2v) is 8.63. The lowest BCUT2D eigenvalue weighted by atomic mass is 9.80. The first-order valence-corrected chi connectivity index (χ1v) is 11.0. The van der Waals surface area contributed by atoms with Crippen LogP contribution in [-0.2, 0) is 10.3 Å². The third-order valence-electron chi connectivity index (χ3n) is 5.69. The predicted octanol–water partition coefficient (Wildman–Crippen LogP) is 3.80. The fourth-order valence-corrected chi connectivity index (χ4v) is 5.16. The van der Waals surface area contributed by atoms with Crippen LogP contribution in [0.3, 0.4) is 0 Å². The van der Waals surface area contributed by atoms with Gasteiger partial charge in [0.1, 0.15) is 23.5 Å². The molecule has 32 heavy (non-hydrogen) atoms. The second kappa shape index (κ2) is 8.40. The number of thioether (sulfide) groups is 1. The van der Waals surface area contributed by atoms with E-state index in [1.807, 2.05) is 6.07 Å². The molecule has 9 heteroatoms. The lowest BCUT2D eigenvalue weighted by Crippen LogP contribution is -2.42. The fraction of sp³-hybridized carbons (Fsp3) is 0.217. The molecule has 1 saturated heterocycles. The van der Waals surface area contributed by atoms with Gasteiger partial charge >= 0.3 is 0 Å². The van der Waals surface area contributed by atoms with Gasteiger partial charge in [0.2, 0.25) is 0 Å². The highest BCUT2D eigenvalue weighted by molar-refractivity contribution is 8.13. The zero-order valence-electron chi connectivity index (χ0n) is 16.8. The lowest BCUT2D eigenvalue weighted by molar-refractivity contribution is 0.0977. The van der Waals surface area contributed by atoms with E-state index in [0.717, 1.165) is 6.07 Å². The number of carbonyl (C=O) groups excluding carboxylic acids is 1. The number of hydrogen-bond acceptors (Lipinski definition) is 6. The van der Waals surface area contributed by atoms with Gasteiger partial charge in [-0.3, -0.25) is 4.79 Å². The number of amidine groups is 1. The standard InChI is InChI=1S/C23H18F2N4O2S/c24-19-7-20(25)18(6-17(19)15-8-26-13-27-9-15)23-12-31-10-16(23)11-32-22(29-23)28-21(30)14-4-2-1-3-5-14/h1-9,13,16H,10-12H2,(H,28,29,30). The summed E-state index contributed by atoms with van der Waals surface area (Å²) in [6.07, 6.45) is 4.29. The maximum absolute atomic E-state index is 15.1. The maximum Gasteiger partial charge on any atom is 0.257 e. The van der Waals surface area contributed by atoms with Gasteiger partial charge in [-0.05, 0) is 18.2 Å². The second-order valence-electron chi connectivity index (χ2n) is 7.62. The predicted molar refractivity (Wildman–Crippen MR) is 117 cm³/mol. The van der Waals surface area contributed by atoms with Crippen molar-refractivity contribution in [3.05, 3.63) is 83.9 Å². The molecule has 1 amide bonds. The number of nitrogens with one attached hydrogen (secondary N) is 1. The molecule has 2 aliphatic rings. The Morgan fingerprint density at radius 3 is 2.69 bits per heavy atom. The third kappa shape index (κ3) is 3.67. The van der Waals surface area contributed by atoms with Crippen LogP contribution in [0.5, 0.6) is 0 Å². The molecular weight excluding hydrogens is 434 g/mol. The molecule has 1 aromatic heterocycles. The van der Waals surface area contributed by atoms with Gasteiger partial charge in [0.05, 0.1) is 13.2 Å². The van der Waals surface area contributed by atoms with Crippen molar-refractivity contribution < 1.29 is 18.3 Å². The smallest absolute Gasteiger partial charge is 0.257 e. The molecule has 0 bridgehead atoms. The molecule has 0 spiro atoms. The number of carbonyl (C=O) groups is 1. The van der Waals surface area contributed by atoms with E-state index in [1.54, 1.807) is 24.3 Å². The Morgan fingerprint density at radius 2 is 1.91 bits per heavy atom. The third-order valence-corrected chi connectivity index (χ3v) is 6.73. The van der Waals surface area contributed by atoms with E-state index in [1.165, 1.54) is 36.5 Å². The minimum atomic E-state index is -1.06. The average Bonchev–Trinajstić information content (AvgIpc) is 3.24. The van der Waals surface area contributed by atoms with Crippen molar-refractivity contribution in [3.8, 4) is 11.1 Å². The van der Waals surface area contributed by atoms with Crippen LogP contribution < -0.4 is 5.32 Å². The molecule has 2 unspecified atom stereocenters. The van der Waals surface area contributed by atoms with E-state index >= 15 is 4.39 Å². The number of ether oxygens (including phenoxy) is 1. The van der Waals surface area contributed by atoms with Crippen molar-refractivity contribution in [1.82, 2.24) is 15.3 Å². The van der Waals surface area contributed by atoms with Gasteiger partial charge in [0.15, 0.2) is 5.17 Å². The van der Waals surface area contributed by atoms with Gasteiger partial charge in [-0.1, -0.05) is 30.0 Å².